The number of anilines is 1. The summed E-state index contributed by atoms with van der Waals surface area (Å²) in [6.07, 6.45) is 2.61. The van der Waals surface area contributed by atoms with E-state index in [-0.39, 0.29) is 16.2 Å². The lowest BCUT2D eigenvalue weighted by molar-refractivity contribution is -0.123. The molecule has 2 aromatic carbocycles. The maximum Gasteiger partial charge on any atom is 0.338 e. The van der Waals surface area contributed by atoms with E-state index in [4.69, 9.17) is 4.74 Å². The number of hydrogen-bond acceptors (Lipinski definition) is 6. The fraction of sp³-hybridized carbons (Fsp3) is 0.375. The monoisotopic (exact) mass is 472 g/mol. The molecule has 9 heteroatoms. The number of amides is 1. The Morgan fingerprint density at radius 2 is 1.58 bits per heavy atom. The molecule has 1 fully saturated rings. The van der Waals surface area contributed by atoms with E-state index in [0.29, 0.717) is 24.3 Å². The Hall–Kier alpha value is -3.04. The number of nitrogens with zero attached hydrogens (tertiary/aromatic N) is 1. The molecule has 1 heterocycles. The number of carbonyl (C=O) groups is 3. The molecule has 0 saturated carbocycles. The Bertz CT molecular complexity index is 1120. The molecule has 1 aliphatic rings. The highest BCUT2D eigenvalue weighted by Crippen LogP contribution is 2.21. The number of benzene rings is 2. The van der Waals surface area contributed by atoms with Gasteiger partial charge in [-0.05, 0) is 63.1 Å². The third kappa shape index (κ3) is 6.27. The van der Waals surface area contributed by atoms with Gasteiger partial charge in [-0.2, -0.15) is 4.31 Å². The van der Waals surface area contributed by atoms with Crippen molar-refractivity contribution in [3.8, 4) is 0 Å². The van der Waals surface area contributed by atoms with Gasteiger partial charge in [0, 0.05) is 24.3 Å². The van der Waals surface area contributed by atoms with Gasteiger partial charge in [0.05, 0.1) is 10.5 Å². The number of nitrogens with one attached hydrogen (secondary N) is 1. The van der Waals surface area contributed by atoms with E-state index in [2.05, 4.69) is 5.32 Å². The van der Waals surface area contributed by atoms with Gasteiger partial charge in [-0.15, -0.1) is 0 Å². The van der Waals surface area contributed by atoms with Gasteiger partial charge < -0.3 is 10.1 Å². The molecule has 0 unspecified atom stereocenters. The molecule has 176 valence electrons. The molecule has 0 aromatic heterocycles. The van der Waals surface area contributed by atoms with Gasteiger partial charge in [0.25, 0.3) is 5.91 Å². The van der Waals surface area contributed by atoms with E-state index >= 15 is 0 Å². The maximum atomic E-state index is 12.9. The Morgan fingerprint density at radius 1 is 0.939 bits per heavy atom. The summed E-state index contributed by atoms with van der Waals surface area (Å²) in [5.41, 5.74) is 1.01. The lowest BCUT2D eigenvalue weighted by Gasteiger charge is -2.20. The van der Waals surface area contributed by atoms with Crippen LogP contribution in [-0.4, -0.2) is 49.6 Å². The van der Waals surface area contributed by atoms with Crippen LogP contribution in [0.3, 0.4) is 0 Å². The van der Waals surface area contributed by atoms with Gasteiger partial charge in [-0.1, -0.05) is 25.0 Å². The van der Waals surface area contributed by atoms with Crippen LogP contribution in [-0.2, 0) is 19.6 Å². The summed E-state index contributed by atoms with van der Waals surface area (Å²) in [6, 6.07) is 12.0. The second kappa shape index (κ2) is 10.7. The number of rotatable bonds is 7. The highest BCUT2D eigenvalue weighted by Gasteiger charge is 2.26. The molecule has 8 nitrogen and oxygen atoms in total. The van der Waals surface area contributed by atoms with Crippen molar-refractivity contribution in [2.24, 2.45) is 0 Å². The van der Waals surface area contributed by atoms with Crippen molar-refractivity contribution in [2.75, 3.05) is 18.4 Å². The molecule has 2 aromatic rings. The van der Waals surface area contributed by atoms with Gasteiger partial charge in [-0.25, -0.2) is 13.2 Å². The van der Waals surface area contributed by atoms with Crippen LogP contribution in [0.25, 0.3) is 0 Å². The number of hydrogen-bond donors (Lipinski definition) is 1. The lowest BCUT2D eigenvalue weighted by Crippen LogP contribution is -2.32. The second-order valence-corrected chi connectivity index (χ2v) is 9.95. The van der Waals surface area contributed by atoms with Gasteiger partial charge in [0.2, 0.25) is 10.0 Å². The van der Waals surface area contributed by atoms with E-state index in [9.17, 15) is 22.8 Å². The SMILES string of the molecule is CC(=O)c1cccc(NC(=O)[C@@H](C)OC(=O)c2ccc(S(=O)(=O)N3CCCCCC3)cc2)c1. The fourth-order valence-corrected chi connectivity index (χ4v) is 5.05. The highest BCUT2D eigenvalue weighted by molar-refractivity contribution is 7.89. The van der Waals surface area contributed by atoms with Crippen LogP contribution in [0.5, 0.6) is 0 Å². The molecule has 1 saturated heterocycles. The Balaban J connectivity index is 1.62. The van der Waals surface area contributed by atoms with Crippen molar-refractivity contribution >= 4 is 33.4 Å². The summed E-state index contributed by atoms with van der Waals surface area (Å²) in [7, 11) is -3.62. The number of ketones is 1. The molecular weight excluding hydrogens is 444 g/mol. The normalized spacial score (nSPS) is 15.8. The van der Waals surface area contributed by atoms with Crippen molar-refractivity contribution in [1.82, 2.24) is 4.31 Å². The van der Waals surface area contributed by atoms with Crippen molar-refractivity contribution < 1.29 is 27.5 Å². The van der Waals surface area contributed by atoms with Gasteiger partial charge in [0.15, 0.2) is 11.9 Å². The molecule has 0 radical (unpaired) electrons. The average molecular weight is 473 g/mol. The van der Waals surface area contributed by atoms with Crippen LogP contribution >= 0.6 is 0 Å². The summed E-state index contributed by atoms with van der Waals surface area (Å²) in [4.78, 5) is 36.5. The third-order valence-electron chi connectivity index (χ3n) is 5.48. The minimum atomic E-state index is -3.62. The predicted molar refractivity (Wildman–Crippen MR) is 124 cm³/mol. The zero-order chi connectivity index (χ0) is 24.0. The first-order valence-corrected chi connectivity index (χ1v) is 12.4. The van der Waals surface area contributed by atoms with E-state index in [1.54, 1.807) is 18.2 Å². The van der Waals surface area contributed by atoms with Crippen LogP contribution < -0.4 is 5.32 Å². The van der Waals surface area contributed by atoms with E-state index < -0.39 is 28.0 Å². The van der Waals surface area contributed by atoms with E-state index in [1.165, 1.54) is 48.5 Å². The maximum absolute atomic E-state index is 12.9. The first-order chi connectivity index (χ1) is 15.7. The molecule has 1 atom stereocenters. The first kappa shape index (κ1) is 24.6. The standard InChI is InChI=1S/C24H28N2O6S/c1-17(27)20-8-7-9-21(16-20)25-23(28)18(2)32-24(29)19-10-12-22(13-11-19)33(30,31)26-14-5-3-4-6-15-26/h7-13,16,18H,3-6,14-15H2,1-2H3,(H,25,28)/t18-/m1/s1. The number of esters is 1. The fourth-order valence-electron chi connectivity index (χ4n) is 3.54. The smallest absolute Gasteiger partial charge is 0.338 e. The summed E-state index contributed by atoms with van der Waals surface area (Å²) in [5, 5.41) is 2.61. The van der Waals surface area contributed by atoms with Gasteiger partial charge >= 0.3 is 5.97 Å². The summed E-state index contributed by atoms with van der Waals surface area (Å²) >= 11 is 0. The van der Waals surface area contributed by atoms with Crippen LogP contribution in [0.4, 0.5) is 5.69 Å². The Labute approximate surface area is 194 Å². The summed E-state index contributed by atoms with van der Waals surface area (Å²) in [5.74, 6) is -1.43. The number of carbonyl (C=O) groups excluding carboxylic acids is 3. The van der Waals surface area contributed by atoms with Crippen molar-refractivity contribution in [1.29, 1.82) is 0 Å². The molecule has 1 amide bonds. The summed E-state index contributed by atoms with van der Waals surface area (Å²) < 4.78 is 32.4. The lowest BCUT2D eigenvalue weighted by atomic mass is 10.1. The molecule has 3 rings (SSSR count). The number of ether oxygens (including phenoxy) is 1. The molecule has 0 spiro atoms. The largest absolute Gasteiger partial charge is 0.449 e. The third-order valence-corrected chi connectivity index (χ3v) is 7.40. The van der Waals surface area contributed by atoms with Crippen LogP contribution in [0.15, 0.2) is 53.4 Å². The molecular formula is C24H28N2O6S. The minimum Gasteiger partial charge on any atom is -0.449 e. The van der Waals surface area contributed by atoms with Gasteiger partial charge in [0.1, 0.15) is 0 Å². The second-order valence-electron chi connectivity index (χ2n) is 8.02. The first-order valence-electron chi connectivity index (χ1n) is 10.9. The van der Waals surface area contributed by atoms with Crippen molar-refractivity contribution in [3.63, 3.8) is 0 Å². The van der Waals surface area contributed by atoms with Crippen molar-refractivity contribution in [3.05, 3.63) is 59.7 Å². The quantitative estimate of drug-likeness (QED) is 0.487. The topological polar surface area (TPSA) is 110 Å². The van der Waals surface area contributed by atoms with Crippen LogP contribution in [0, 0.1) is 0 Å². The molecule has 0 aliphatic carbocycles. The van der Waals surface area contributed by atoms with E-state index in [1.807, 2.05) is 0 Å². The molecule has 1 aliphatic heterocycles. The summed E-state index contributed by atoms with van der Waals surface area (Å²) in [6.45, 7) is 3.85. The number of sulfonamides is 1. The van der Waals surface area contributed by atoms with E-state index in [0.717, 1.165) is 25.7 Å². The molecule has 1 N–H and O–H groups in total. The van der Waals surface area contributed by atoms with Crippen LogP contribution in [0.1, 0.15) is 60.2 Å². The zero-order valence-corrected chi connectivity index (χ0v) is 19.6. The highest BCUT2D eigenvalue weighted by atomic mass is 32.2. The zero-order valence-electron chi connectivity index (χ0n) is 18.7. The molecule has 0 bridgehead atoms. The Morgan fingerprint density at radius 3 is 2.18 bits per heavy atom. The van der Waals surface area contributed by atoms with Gasteiger partial charge in [-0.3, -0.25) is 9.59 Å². The number of Topliss-reactive ketones (excluding diaryl/α,β-unsaturated/α-hetero) is 1. The minimum absolute atomic E-state index is 0.122. The average Bonchev–Trinajstić information content (AvgIpc) is 3.09. The Kier molecular flexibility index (Phi) is 7.99. The van der Waals surface area contributed by atoms with Crippen LogP contribution in [0.2, 0.25) is 0 Å². The van der Waals surface area contributed by atoms with Crippen molar-refractivity contribution in [2.45, 2.75) is 50.5 Å². The molecule has 33 heavy (non-hydrogen) atoms. The predicted octanol–water partition coefficient (Wildman–Crippen LogP) is 3.64.